The highest BCUT2D eigenvalue weighted by Crippen LogP contribution is 2.33. The van der Waals surface area contributed by atoms with Crippen LogP contribution in [0.1, 0.15) is 27.2 Å². The van der Waals surface area contributed by atoms with Crippen molar-refractivity contribution >= 4 is 11.6 Å². The van der Waals surface area contributed by atoms with Crippen LogP contribution >= 0.6 is 0 Å². The molecule has 4 heteroatoms. The Bertz CT molecular complexity index is 419. The molecule has 1 unspecified atom stereocenters. The van der Waals surface area contributed by atoms with Gasteiger partial charge in [-0.2, -0.15) is 5.06 Å². The third-order valence-corrected chi connectivity index (χ3v) is 2.87. The molecule has 0 aliphatic carbocycles. The number of hydroxylamine groups is 1. The van der Waals surface area contributed by atoms with Gasteiger partial charge in [-0.15, -0.1) is 0 Å². The summed E-state index contributed by atoms with van der Waals surface area (Å²) in [5.74, 6) is 0.128. The van der Waals surface area contributed by atoms with Crippen molar-refractivity contribution in [2.75, 3.05) is 5.06 Å². The van der Waals surface area contributed by atoms with E-state index in [-0.39, 0.29) is 23.2 Å². The molecule has 1 aliphatic rings. The van der Waals surface area contributed by atoms with E-state index in [4.69, 9.17) is 4.84 Å². The highest BCUT2D eigenvalue weighted by Gasteiger charge is 2.39. The molecule has 2 rings (SSSR count). The summed E-state index contributed by atoms with van der Waals surface area (Å²) in [4.78, 5) is 17.5. The summed E-state index contributed by atoms with van der Waals surface area (Å²) in [5.41, 5.74) is 0.584. The van der Waals surface area contributed by atoms with Gasteiger partial charge in [0, 0.05) is 0 Å². The van der Waals surface area contributed by atoms with Gasteiger partial charge in [0.25, 0.3) is 5.91 Å². The molecule has 4 nitrogen and oxygen atoms in total. The van der Waals surface area contributed by atoms with E-state index in [1.54, 1.807) is 12.1 Å². The predicted octanol–water partition coefficient (Wildman–Crippen LogP) is 2.48. The average molecular weight is 235 g/mol. The van der Waals surface area contributed by atoms with E-state index in [2.05, 4.69) is 0 Å². The van der Waals surface area contributed by atoms with Crippen molar-refractivity contribution in [3.05, 3.63) is 24.3 Å². The molecule has 0 saturated carbocycles. The molecule has 17 heavy (non-hydrogen) atoms. The zero-order valence-corrected chi connectivity index (χ0v) is 10.3. The molecule has 1 aromatic carbocycles. The number of hydrogen-bond acceptors (Lipinski definition) is 3. The molecule has 0 aromatic heterocycles. The number of rotatable bonds is 1. The lowest BCUT2D eigenvalue weighted by Crippen LogP contribution is -2.28. The number of anilines is 1. The van der Waals surface area contributed by atoms with Gasteiger partial charge in [0.15, 0.2) is 0 Å². The van der Waals surface area contributed by atoms with Crippen LogP contribution in [0.15, 0.2) is 24.3 Å². The highest BCUT2D eigenvalue weighted by atomic mass is 16.7. The van der Waals surface area contributed by atoms with Gasteiger partial charge < -0.3 is 5.11 Å². The SMILES string of the molecule is CC(C)(C)C1CC(=O)N(c2ccc(O)cc2)O1. The maximum atomic E-state index is 11.9. The van der Waals surface area contributed by atoms with Crippen LogP contribution in [0.5, 0.6) is 5.75 Å². The van der Waals surface area contributed by atoms with Crippen LogP contribution in [0, 0.1) is 5.41 Å². The number of amides is 1. The van der Waals surface area contributed by atoms with Crippen LogP contribution in [-0.2, 0) is 9.63 Å². The van der Waals surface area contributed by atoms with Gasteiger partial charge in [-0.3, -0.25) is 9.63 Å². The topological polar surface area (TPSA) is 49.8 Å². The van der Waals surface area contributed by atoms with Crippen molar-refractivity contribution in [1.29, 1.82) is 0 Å². The Morgan fingerprint density at radius 2 is 1.88 bits per heavy atom. The van der Waals surface area contributed by atoms with Gasteiger partial charge in [-0.1, -0.05) is 20.8 Å². The van der Waals surface area contributed by atoms with Crippen LogP contribution in [0.4, 0.5) is 5.69 Å². The molecule has 0 bridgehead atoms. The second-order valence-electron chi connectivity index (χ2n) is 5.37. The smallest absolute Gasteiger partial charge is 0.253 e. The van der Waals surface area contributed by atoms with Crippen LogP contribution in [0.25, 0.3) is 0 Å². The van der Waals surface area contributed by atoms with Crippen molar-refractivity contribution in [3.63, 3.8) is 0 Å². The van der Waals surface area contributed by atoms with Crippen LogP contribution < -0.4 is 5.06 Å². The summed E-state index contributed by atoms with van der Waals surface area (Å²) in [6, 6.07) is 6.41. The van der Waals surface area contributed by atoms with E-state index < -0.39 is 0 Å². The number of aromatic hydroxyl groups is 1. The van der Waals surface area contributed by atoms with Gasteiger partial charge in [-0.05, 0) is 29.7 Å². The van der Waals surface area contributed by atoms with Crippen LogP contribution in [-0.4, -0.2) is 17.1 Å². The van der Waals surface area contributed by atoms with Crippen molar-refractivity contribution in [1.82, 2.24) is 0 Å². The van der Waals surface area contributed by atoms with Crippen molar-refractivity contribution in [3.8, 4) is 5.75 Å². The lowest BCUT2D eigenvalue weighted by atomic mass is 9.87. The fourth-order valence-electron chi connectivity index (χ4n) is 1.72. The standard InChI is InChI=1S/C13H17NO3/c1-13(2,3)11-8-12(16)14(17-11)9-4-6-10(15)7-5-9/h4-7,11,15H,8H2,1-3H3. The molecule has 1 aliphatic heterocycles. The van der Waals surface area contributed by atoms with Crippen LogP contribution in [0.3, 0.4) is 0 Å². The predicted molar refractivity (Wildman–Crippen MR) is 64.5 cm³/mol. The molecule has 92 valence electrons. The lowest BCUT2D eigenvalue weighted by molar-refractivity contribution is -0.119. The first-order chi connectivity index (χ1) is 7.88. The van der Waals surface area contributed by atoms with Crippen molar-refractivity contribution < 1.29 is 14.7 Å². The molecule has 1 N–H and O–H groups in total. The Morgan fingerprint density at radius 1 is 1.29 bits per heavy atom. The summed E-state index contributed by atoms with van der Waals surface area (Å²) < 4.78 is 0. The summed E-state index contributed by atoms with van der Waals surface area (Å²) in [6.45, 7) is 6.14. The van der Waals surface area contributed by atoms with E-state index >= 15 is 0 Å². The number of carbonyl (C=O) groups is 1. The number of carbonyl (C=O) groups excluding carboxylic acids is 1. The summed E-state index contributed by atoms with van der Waals surface area (Å²) in [6.07, 6.45) is 0.286. The van der Waals surface area contributed by atoms with E-state index in [0.717, 1.165) is 0 Å². The van der Waals surface area contributed by atoms with Crippen molar-refractivity contribution in [2.45, 2.75) is 33.3 Å². The van der Waals surface area contributed by atoms with Crippen molar-refractivity contribution in [2.24, 2.45) is 5.41 Å². The largest absolute Gasteiger partial charge is 0.508 e. The summed E-state index contributed by atoms with van der Waals surface area (Å²) in [7, 11) is 0. The molecule has 0 radical (unpaired) electrons. The fraction of sp³-hybridized carbons (Fsp3) is 0.462. The van der Waals surface area contributed by atoms with Gasteiger partial charge in [0.1, 0.15) is 5.75 Å². The molecule has 1 fully saturated rings. The van der Waals surface area contributed by atoms with Gasteiger partial charge in [0.05, 0.1) is 18.2 Å². The van der Waals surface area contributed by atoms with E-state index in [0.29, 0.717) is 12.1 Å². The number of phenols is 1. The molecule has 1 amide bonds. The average Bonchev–Trinajstić information content (AvgIpc) is 2.61. The maximum Gasteiger partial charge on any atom is 0.253 e. The number of hydrogen-bond donors (Lipinski definition) is 1. The molecule has 0 spiro atoms. The quantitative estimate of drug-likeness (QED) is 0.813. The molecular formula is C13H17NO3. The lowest BCUT2D eigenvalue weighted by Gasteiger charge is -2.25. The molecule has 1 aromatic rings. The molecule has 1 atom stereocenters. The molecular weight excluding hydrogens is 218 g/mol. The number of benzene rings is 1. The second-order valence-corrected chi connectivity index (χ2v) is 5.37. The Hall–Kier alpha value is -1.55. The van der Waals surface area contributed by atoms with E-state index in [1.165, 1.54) is 17.2 Å². The molecule has 1 saturated heterocycles. The first kappa shape index (κ1) is 11.9. The number of nitrogens with zero attached hydrogens (tertiary/aromatic N) is 1. The summed E-state index contributed by atoms with van der Waals surface area (Å²) in [5, 5.41) is 10.5. The van der Waals surface area contributed by atoms with E-state index in [1.807, 2.05) is 20.8 Å². The van der Waals surface area contributed by atoms with Gasteiger partial charge in [0.2, 0.25) is 0 Å². The third-order valence-electron chi connectivity index (χ3n) is 2.87. The minimum absolute atomic E-state index is 0.0457. The first-order valence-corrected chi connectivity index (χ1v) is 5.67. The van der Waals surface area contributed by atoms with Gasteiger partial charge in [-0.25, -0.2) is 0 Å². The first-order valence-electron chi connectivity index (χ1n) is 5.67. The van der Waals surface area contributed by atoms with Gasteiger partial charge >= 0.3 is 0 Å². The maximum absolute atomic E-state index is 11.9. The molecule has 1 heterocycles. The van der Waals surface area contributed by atoms with Crippen LogP contribution in [0.2, 0.25) is 0 Å². The Kier molecular flexibility index (Phi) is 2.83. The third kappa shape index (κ3) is 2.42. The normalized spacial score (nSPS) is 21.0. The number of phenolic OH excluding ortho intramolecular Hbond substituents is 1. The highest BCUT2D eigenvalue weighted by molar-refractivity contribution is 5.93. The minimum atomic E-state index is -0.108. The Morgan fingerprint density at radius 3 is 2.35 bits per heavy atom. The summed E-state index contributed by atoms with van der Waals surface area (Å²) >= 11 is 0. The minimum Gasteiger partial charge on any atom is -0.508 e. The van der Waals surface area contributed by atoms with E-state index in [9.17, 15) is 9.90 Å². The zero-order valence-electron chi connectivity index (χ0n) is 10.3. The zero-order chi connectivity index (χ0) is 12.6. The second kappa shape index (κ2) is 4.04. The fourth-order valence-corrected chi connectivity index (χ4v) is 1.72. The monoisotopic (exact) mass is 235 g/mol. The Labute approximate surface area is 101 Å². The Balaban J connectivity index is 2.19.